The number of hydrogen-bond donors (Lipinski definition) is 1. The van der Waals surface area contributed by atoms with Gasteiger partial charge in [-0.25, -0.2) is 0 Å². The molecule has 0 amide bonds. The van der Waals surface area contributed by atoms with Gasteiger partial charge in [0, 0.05) is 12.6 Å². The van der Waals surface area contributed by atoms with Gasteiger partial charge in [0.25, 0.3) is 0 Å². The third kappa shape index (κ3) is 5.05. The largest absolute Gasteiger partial charge is 0.310 e. The van der Waals surface area contributed by atoms with Crippen molar-refractivity contribution < 1.29 is 0 Å². The Kier molecular flexibility index (Phi) is 7.17. The molecule has 0 heterocycles. The van der Waals surface area contributed by atoms with E-state index < -0.39 is 0 Å². The summed E-state index contributed by atoms with van der Waals surface area (Å²) in [4.78, 5) is 0. The van der Waals surface area contributed by atoms with E-state index in [4.69, 9.17) is 0 Å². The quantitative estimate of drug-likeness (QED) is 0.738. The second kappa shape index (κ2) is 7.60. The number of hydrogen-bond acceptors (Lipinski definition) is 1. The minimum Gasteiger partial charge on any atom is -0.310 e. The second-order valence-corrected chi connectivity index (χ2v) is 3.29. The van der Waals surface area contributed by atoms with Gasteiger partial charge >= 0.3 is 0 Å². The van der Waals surface area contributed by atoms with Crippen LogP contribution in [0.4, 0.5) is 0 Å². The molecule has 0 aliphatic carbocycles. The van der Waals surface area contributed by atoms with Gasteiger partial charge < -0.3 is 5.32 Å². The molecule has 0 spiro atoms. The SMILES string of the molecule is C=CCC(C)NCc1ccccc1.Cl. The molecule has 0 aromatic heterocycles. The van der Waals surface area contributed by atoms with Crippen molar-refractivity contribution in [2.24, 2.45) is 0 Å². The van der Waals surface area contributed by atoms with E-state index in [1.165, 1.54) is 5.56 Å². The molecule has 0 aliphatic rings. The third-order valence-corrected chi connectivity index (χ3v) is 2.02. The molecule has 0 radical (unpaired) electrons. The molecule has 1 aromatic rings. The lowest BCUT2D eigenvalue weighted by Gasteiger charge is -2.10. The maximum absolute atomic E-state index is 3.72. The maximum atomic E-state index is 3.72. The van der Waals surface area contributed by atoms with Gasteiger partial charge in [-0.3, -0.25) is 0 Å². The number of benzene rings is 1. The molecule has 2 heteroatoms. The fraction of sp³-hybridized carbons (Fsp3) is 0.333. The van der Waals surface area contributed by atoms with Gasteiger partial charge in [0.05, 0.1) is 0 Å². The van der Waals surface area contributed by atoms with E-state index in [2.05, 4.69) is 43.1 Å². The molecule has 78 valence electrons. The Bertz CT molecular complexity index is 246. The van der Waals surface area contributed by atoms with Crippen LogP contribution in [0, 0.1) is 0 Å². The maximum Gasteiger partial charge on any atom is 0.0208 e. The van der Waals surface area contributed by atoms with Crippen molar-refractivity contribution >= 4 is 12.4 Å². The third-order valence-electron chi connectivity index (χ3n) is 2.02. The average molecular weight is 212 g/mol. The van der Waals surface area contributed by atoms with Crippen LogP contribution in [-0.2, 0) is 6.54 Å². The summed E-state index contributed by atoms with van der Waals surface area (Å²) in [6.45, 7) is 6.83. The second-order valence-electron chi connectivity index (χ2n) is 3.29. The summed E-state index contributed by atoms with van der Waals surface area (Å²) < 4.78 is 0. The number of nitrogens with one attached hydrogen (secondary N) is 1. The van der Waals surface area contributed by atoms with Crippen LogP contribution >= 0.6 is 12.4 Å². The molecule has 0 aliphatic heterocycles. The summed E-state index contributed by atoms with van der Waals surface area (Å²) in [6.07, 6.45) is 2.97. The first-order valence-corrected chi connectivity index (χ1v) is 4.71. The lowest BCUT2D eigenvalue weighted by molar-refractivity contribution is 0.554. The molecule has 0 bridgehead atoms. The van der Waals surface area contributed by atoms with Crippen LogP contribution in [0.3, 0.4) is 0 Å². The first kappa shape index (κ1) is 13.2. The molecular formula is C12H18ClN. The lowest BCUT2D eigenvalue weighted by Crippen LogP contribution is -2.24. The molecule has 0 saturated heterocycles. The van der Waals surface area contributed by atoms with E-state index >= 15 is 0 Å². The molecular weight excluding hydrogens is 194 g/mol. The molecule has 1 aromatic carbocycles. The van der Waals surface area contributed by atoms with Gasteiger partial charge in [-0.1, -0.05) is 36.4 Å². The van der Waals surface area contributed by atoms with Crippen LogP contribution in [0.5, 0.6) is 0 Å². The molecule has 0 fully saturated rings. The molecule has 1 N–H and O–H groups in total. The van der Waals surface area contributed by atoms with Gasteiger partial charge in [-0.15, -0.1) is 19.0 Å². The van der Waals surface area contributed by atoms with Crippen molar-refractivity contribution in [1.29, 1.82) is 0 Å². The van der Waals surface area contributed by atoms with Gasteiger partial charge in [0.2, 0.25) is 0 Å². The highest BCUT2D eigenvalue weighted by Gasteiger charge is 1.97. The van der Waals surface area contributed by atoms with Crippen LogP contribution < -0.4 is 5.32 Å². The minimum atomic E-state index is 0. The van der Waals surface area contributed by atoms with Crippen molar-refractivity contribution in [3.8, 4) is 0 Å². The highest BCUT2D eigenvalue weighted by atomic mass is 35.5. The monoisotopic (exact) mass is 211 g/mol. The highest BCUT2D eigenvalue weighted by molar-refractivity contribution is 5.85. The standard InChI is InChI=1S/C12H17N.ClH/c1-3-7-11(2)13-10-12-8-5-4-6-9-12;/h3-6,8-9,11,13H,1,7,10H2,2H3;1H. The van der Waals surface area contributed by atoms with Crippen molar-refractivity contribution in [2.45, 2.75) is 25.9 Å². The Hall–Kier alpha value is -0.790. The van der Waals surface area contributed by atoms with Gasteiger partial charge in [0.15, 0.2) is 0 Å². The number of halogens is 1. The van der Waals surface area contributed by atoms with Gasteiger partial charge in [-0.2, -0.15) is 0 Å². The van der Waals surface area contributed by atoms with E-state index in [1.807, 2.05) is 12.1 Å². The molecule has 14 heavy (non-hydrogen) atoms. The summed E-state index contributed by atoms with van der Waals surface area (Å²) in [7, 11) is 0. The zero-order chi connectivity index (χ0) is 9.52. The summed E-state index contributed by atoms with van der Waals surface area (Å²) in [6, 6.07) is 10.9. The van der Waals surface area contributed by atoms with Crippen LogP contribution in [0.2, 0.25) is 0 Å². The fourth-order valence-corrected chi connectivity index (χ4v) is 1.22. The predicted octanol–water partition coefficient (Wildman–Crippen LogP) is 3.16. The Balaban J connectivity index is 0.00000169. The zero-order valence-corrected chi connectivity index (χ0v) is 9.39. The van der Waals surface area contributed by atoms with Crippen LogP contribution in [0.15, 0.2) is 43.0 Å². The normalized spacial score (nSPS) is 11.5. The minimum absolute atomic E-state index is 0. The summed E-state index contributed by atoms with van der Waals surface area (Å²) in [5.41, 5.74) is 1.33. The topological polar surface area (TPSA) is 12.0 Å². The zero-order valence-electron chi connectivity index (χ0n) is 8.57. The van der Waals surface area contributed by atoms with E-state index in [0.717, 1.165) is 13.0 Å². The first-order valence-electron chi connectivity index (χ1n) is 4.71. The van der Waals surface area contributed by atoms with Crippen LogP contribution in [0.25, 0.3) is 0 Å². The lowest BCUT2D eigenvalue weighted by atomic mass is 10.2. The van der Waals surface area contributed by atoms with Crippen LogP contribution in [-0.4, -0.2) is 6.04 Å². The Morgan fingerprint density at radius 2 is 2.00 bits per heavy atom. The molecule has 0 saturated carbocycles. The summed E-state index contributed by atoms with van der Waals surface area (Å²) in [5.74, 6) is 0. The van der Waals surface area contributed by atoms with Gasteiger partial charge in [0.1, 0.15) is 0 Å². The first-order chi connectivity index (χ1) is 6.33. The molecule has 1 atom stereocenters. The highest BCUT2D eigenvalue weighted by Crippen LogP contribution is 1.99. The van der Waals surface area contributed by atoms with Crippen molar-refractivity contribution in [1.82, 2.24) is 5.32 Å². The van der Waals surface area contributed by atoms with Crippen molar-refractivity contribution in [3.63, 3.8) is 0 Å². The van der Waals surface area contributed by atoms with Crippen LogP contribution in [0.1, 0.15) is 18.9 Å². The molecule has 1 nitrogen and oxygen atoms in total. The van der Waals surface area contributed by atoms with Gasteiger partial charge in [-0.05, 0) is 18.9 Å². The summed E-state index contributed by atoms with van der Waals surface area (Å²) >= 11 is 0. The Labute approximate surface area is 92.6 Å². The van der Waals surface area contributed by atoms with E-state index in [0.29, 0.717) is 6.04 Å². The van der Waals surface area contributed by atoms with Crippen molar-refractivity contribution in [3.05, 3.63) is 48.6 Å². The Morgan fingerprint density at radius 3 is 2.57 bits per heavy atom. The fourth-order valence-electron chi connectivity index (χ4n) is 1.22. The molecule has 1 unspecified atom stereocenters. The Morgan fingerprint density at radius 1 is 1.36 bits per heavy atom. The van der Waals surface area contributed by atoms with E-state index in [1.54, 1.807) is 0 Å². The van der Waals surface area contributed by atoms with E-state index in [-0.39, 0.29) is 12.4 Å². The molecule has 1 rings (SSSR count). The smallest absolute Gasteiger partial charge is 0.0208 e. The summed E-state index contributed by atoms with van der Waals surface area (Å²) in [5, 5.41) is 3.43. The average Bonchev–Trinajstić information content (AvgIpc) is 2.17. The van der Waals surface area contributed by atoms with E-state index in [9.17, 15) is 0 Å². The predicted molar refractivity (Wildman–Crippen MR) is 64.8 cm³/mol. The number of rotatable bonds is 5. The van der Waals surface area contributed by atoms with Crippen molar-refractivity contribution in [2.75, 3.05) is 0 Å².